The Labute approximate surface area is 125 Å². The fourth-order valence-electron chi connectivity index (χ4n) is 1.89. The molecule has 0 atom stereocenters. The minimum Gasteiger partial charge on any atom is -0.497 e. The number of hydrogen-bond donors (Lipinski definition) is 2. The number of halogens is 1. The molecule has 1 saturated carbocycles. The van der Waals surface area contributed by atoms with Crippen LogP contribution in [0.5, 0.6) is 5.75 Å². The van der Waals surface area contributed by atoms with Crippen LogP contribution in [0, 0.1) is 0 Å². The van der Waals surface area contributed by atoms with Crippen LogP contribution in [0.15, 0.2) is 23.2 Å². The molecular formula is C15H22ClN3O. The number of aliphatic imine (C=N–C) groups is 1. The Morgan fingerprint density at radius 3 is 2.85 bits per heavy atom. The summed E-state index contributed by atoms with van der Waals surface area (Å²) < 4.78 is 5.14. The molecule has 110 valence electrons. The monoisotopic (exact) mass is 295 g/mol. The summed E-state index contributed by atoms with van der Waals surface area (Å²) in [6.07, 6.45) is 3.31. The van der Waals surface area contributed by atoms with E-state index in [4.69, 9.17) is 16.3 Å². The molecule has 0 bridgehead atoms. The molecule has 1 aromatic rings. The lowest BCUT2D eigenvalue weighted by molar-refractivity contribution is 0.414. The van der Waals surface area contributed by atoms with Crippen LogP contribution in [-0.4, -0.2) is 32.2 Å². The second-order valence-corrected chi connectivity index (χ2v) is 5.29. The average molecular weight is 296 g/mol. The van der Waals surface area contributed by atoms with Crippen molar-refractivity contribution in [1.29, 1.82) is 0 Å². The SMILES string of the molecule is CCNC(=NCCc1ccc(OC)cc1Cl)NC1CC1. The molecular weight excluding hydrogens is 274 g/mol. The number of nitrogens with zero attached hydrogens (tertiary/aromatic N) is 1. The molecule has 2 N–H and O–H groups in total. The van der Waals surface area contributed by atoms with Crippen LogP contribution in [0.4, 0.5) is 0 Å². The third-order valence-corrected chi connectivity index (χ3v) is 3.53. The minimum atomic E-state index is 0.609. The van der Waals surface area contributed by atoms with Gasteiger partial charge in [-0.3, -0.25) is 4.99 Å². The van der Waals surface area contributed by atoms with Crippen LogP contribution in [-0.2, 0) is 6.42 Å². The molecule has 5 heteroatoms. The van der Waals surface area contributed by atoms with Gasteiger partial charge in [-0.05, 0) is 43.9 Å². The van der Waals surface area contributed by atoms with Crippen LogP contribution in [0.3, 0.4) is 0 Å². The van der Waals surface area contributed by atoms with Gasteiger partial charge in [-0.15, -0.1) is 0 Å². The Hall–Kier alpha value is -1.42. The van der Waals surface area contributed by atoms with Crippen molar-refractivity contribution in [2.45, 2.75) is 32.2 Å². The summed E-state index contributed by atoms with van der Waals surface area (Å²) in [5.41, 5.74) is 1.10. The molecule has 0 heterocycles. The van der Waals surface area contributed by atoms with Gasteiger partial charge in [0.1, 0.15) is 5.75 Å². The van der Waals surface area contributed by atoms with Gasteiger partial charge in [0.25, 0.3) is 0 Å². The zero-order chi connectivity index (χ0) is 14.4. The molecule has 4 nitrogen and oxygen atoms in total. The quantitative estimate of drug-likeness (QED) is 0.626. The summed E-state index contributed by atoms with van der Waals surface area (Å²) in [6, 6.07) is 6.38. The highest BCUT2D eigenvalue weighted by Crippen LogP contribution is 2.22. The summed E-state index contributed by atoms with van der Waals surface area (Å²) in [4.78, 5) is 4.58. The standard InChI is InChI=1S/C15H22ClN3O/c1-3-17-15(19-12-5-6-12)18-9-8-11-4-7-13(20-2)10-14(11)16/h4,7,10,12H,3,5-6,8-9H2,1-2H3,(H2,17,18,19). The Morgan fingerprint density at radius 2 is 2.25 bits per heavy atom. The van der Waals surface area contributed by atoms with E-state index in [1.165, 1.54) is 12.8 Å². The lowest BCUT2D eigenvalue weighted by Gasteiger charge is -2.10. The predicted molar refractivity (Wildman–Crippen MR) is 83.8 cm³/mol. The zero-order valence-corrected chi connectivity index (χ0v) is 12.8. The molecule has 0 radical (unpaired) electrons. The van der Waals surface area contributed by atoms with Crippen LogP contribution in [0.2, 0.25) is 5.02 Å². The van der Waals surface area contributed by atoms with Crippen LogP contribution >= 0.6 is 11.6 Å². The molecule has 0 aromatic heterocycles. The highest BCUT2D eigenvalue weighted by Gasteiger charge is 2.21. The van der Waals surface area contributed by atoms with Crippen molar-refractivity contribution in [3.05, 3.63) is 28.8 Å². The van der Waals surface area contributed by atoms with Crippen molar-refractivity contribution in [3.8, 4) is 5.75 Å². The second kappa shape index (κ2) is 7.39. The summed E-state index contributed by atoms with van der Waals surface area (Å²) >= 11 is 6.22. The van der Waals surface area contributed by atoms with E-state index in [-0.39, 0.29) is 0 Å². The Morgan fingerprint density at radius 1 is 1.45 bits per heavy atom. The lowest BCUT2D eigenvalue weighted by atomic mass is 10.1. The summed E-state index contributed by atoms with van der Waals surface area (Å²) in [6.45, 7) is 3.67. The van der Waals surface area contributed by atoms with E-state index in [1.807, 2.05) is 18.2 Å². The fourth-order valence-corrected chi connectivity index (χ4v) is 2.15. The highest BCUT2D eigenvalue weighted by atomic mass is 35.5. The third kappa shape index (κ3) is 4.60. The molecule has 2 rings (SSSR count). The summed E-state index contributed by atoms with van der Waals surface area (Å²) in [5.74, 6) is 1.69. The topological polar surface area (TPSA) is 45.7 Å². The maximum Gasteiger partial charge on any atom is 0.191 e. The number of nitrogens with one attached hydrogen (secondary N) is 2. The van der Waals surface area contributed by atoms with Crippen LogP contribution < -0.4 is 15.4 Å². The van der Waals surface area contributed by atoms with E-state index in [9.17, 15) is 0 Å². The number of ether oxygens (including phenoxy) is 1. The van der Waals surface area contributed by atoms with Gasteiger partial charge in [0.2, 0.25) is 0 Å². The summed E-state index contributed by atoms with van der Waals surface area (Å²) in [7, 11) is 1.64. The molecule has 0 spiro atoms. The van der Waals surface area contributed by atoms with E-state index in [0.29, 0.717) is 12.6 Å². The Kier molecular flexibility index (Phi) is 5.53. The average Bonchev–Trinajstić information content (AvgIpc) is 3.24. The van der Waals surface area contributed by atoms with Gasteiger partial charge >= 0.3 is 0 Å². The van der Waals surface area contributed by atoms with Gasteiger partial charge < -0.3 is 15.4 Å². The van der Waals surface area contributed by atoms with Crippen molar-refractivity contribution >= 4 is 17.6 Å². The maximum absolute atomic E-state index is 6.22. The van der Waals surface area contributed by atoms with Crippen molar-refractivity contribution in [3.63, 3.8) is 0 Å². The molecule has 0 saturated heterocycles. The normalized spacial score (nSPS) is 15.1. The first-order chi connectivity index (χ1) is 9.72. The fraction of sp³-hybridized carbons (Fsp3) is 0.533. The Bertz CT molecular complexity index is 472. The lowest BCUT2D eigenvalue weighted by Crippen LogP contribution is -2.38. The van der Waals surface area contributed by atoms with Gasteiger partial charge in [0.05, 0.1) is 7.11 Å². The molecule has 1 aromatic carbocycles. The third-order valence-electron chi connectivity index (χ3n) is 3.17. The van der Waals surface area contributed by atoms with Crippen molar-refractivity contribution in [2.75, 3.05) is 20.2 Å². The minimum absolute atomic E-state index is 0.609. The van der Waals surface area contributed by atoms with Crippen molar-refractivity contribution in [2.24, 2.45) is 4.99 Å². The first-order valence-corrected chi connectivity index (χ1v) is 7.48. The second-order valence-electron chi connectivity index (χ2n) is 4.89. The van der Waals surface area contributed by atoms with E-state index >= 15 is 0 Å². The highest BCUT2D eigenvalue weighted by molar-refractivity contribution is 6.31. The number of benzene rings is 1. The Balaban J connectivity index is 1.89. The molecule has 1 fully saturated rings. The summed E-state index contributed by atoms with van der Waals surface area (Å²) in [5, 5.41) is 7.39. The van der Waals surface area contributed by atoms with Crippen molar-refractivity contribution < 1.29 is 4.74 Å². The largest absolute Gasteiger partial charge is 0.497 e. The molecule has 0 unspecified atom stereocenters. The van der Waals surface area contributed by atoms with E-state index in [0.717, 1.165) is 35.3 Å². The van der Waals surface area contributed by atoms with Crippen molar-refractivity contribution in [1.82, 2.24) is 10.6 Å². The van der Waals surface area contributed by atoms with Gasteiger partial charge in [-0.25, -0.2) is 0 Å². The molecule has 0 aliphatic heterocycles. The van der Waals surface area contributed by atoms with Crippen LogP contribution in [0.1, 0.15) is 25.3 Å². The predicted octanol–water partition coefficient (Wildman–Crippen LogP) is 2.61. The zero-order valence-electron chi connectivity index (χ0n) is 12.1. The van der Waals surface area contributed by atoms with Gasteiger partial charge in [-0.2, -0.15) is 0 Å². The molecule has 0 amide bonds. The first-order valence-electron chi connectivity index (χ1n) is 7.10. The number of methoxy groups -OCH3 is 1. The molecule has 20 heavy (non-hydrogen) atoms. The van der Waals surface area contributed by atoms with Gasteiger partial charge in [0, 0.05) is 24.2 Å². The number of hydrogen-bond acceptors (Lipinski definition) is 2. The van der Waals surface area contributed by atoms with Gasteiger partial charge in [-0.1, -0.05) is 17.7 Å². The van der Waals surface area contributed by atoms with E-state index in [2.05, 4.69) is 22.5 Å². The first kappa shape index (κ1) is 15.0. The number of rotatable bonds is 6. The van der Waals surface area contributed by atoms with Gasteiger partial charge in [0.15, 0.2) is 5.96 Å². The number of guanidine groups is 1. The van der Waals surface area contributed by atoms with Crippen LogP contribution in [0.25, 0.3) is 0 Å². The van der Waals surface area contributed by atoms with E-state index in [1.54, 1.807) is 7.11 Å². The maximum atomic E-state index is 6.22. The molecule has 1 aliphatic rings. The van der Waals surface area contributed by atoms with E-state index < -0.39 is 0 Å². The smallest absolute Gasteiger partial charge is 0.191 e. The molecule has 1 aliphatic carbocycles.